The van der Waals surface area contributed by atoms with Gasteiger partial charge in [-0.05, 0) is 79.3 Å². The molecule has 2 nitrogen and oxygen atoms in total. The second kappa shape index (κ2) is 8.51. The average Bonchev–Trinajstić information content (AvgIpc) is 3.38. The molecule has 0 saturated heterocycles. The molecule has 0 saturated carbocycles. The Morgan fingerprint density at radius 1 is 0.439 bits per heavy atom. The van der Waals surface area contributed by atoms with Gasteiger partial charge in [-0.15, -0.1) is 0 Å². The zero-order chi connectivity index (χ0) is 26.9. The summed E-state index contributed by atoms with van der Waals surface area (Å²) in [7, 11) is 0. The van der Waals surface area contributed by atoms with Gasteiger partial charge in [0.2, 0.25) is 0 Å². The van der Waals surface area contributed by atoms with E-state index in [1.165, 1.54) is 76.5 Å². The summed E-state index contributed by atoms with van der Waals surface area (Å²) in [6.45, 7) is 0. The van der Waals surface area contributed by atoms with Crippen LogP contribution in [0.4, 0.5) is 0 Å². The quantitative estimate of drug-likeness (QED) is 0.212. The van der Waals surface area contributed by atoms with Crippen LogP contribution in [0, 0.1) is 0 Å². The maximum atomic E-state index is 4.39. The summed E-state index contributed by atoms with van der Waals surface area (Å²) in [6, 6.07) is 48.7. The van der Waals surface area contributed by atoms with E-state index in [-0.39, 0.29) is 0 Å². The third-order valence-corrected chi connectivity index (χ3v) is 8.63. The van der Waals surface area contributed by atoms with Crippen LogP contribution in [0.15, 0.2) is 146 Å². The summed E-state index contributed by atoms with van der Waals surface area (Å²) in [5, 5.41) is 10.3. The second-order valence-corrected chi connectivity index (χ2v) is 10.8. The maximum Gasteiger partial charge on any atom is 0.0541 e. The van der Waals surface area contributed by atoms with Crippen molar-refractivity contribution in [2.75, 3.05) is 0 Å². The second-order valence-electron chi connectivity index (χ2n) is 10.8. The third-order valence-electron chi connectivity index (χ3n) is 8.63. The first-order valence-electron chi connectivity index (χ1n) is 14.1. The van der Waals surface area contributed by atoms with Gasteiger partial charge in [-0.2, -0.15) is 0 Å². The summed E-state index contributed by atoms with van der Waals surface area (Å²) in [5.41, 5.74) is 8.46. The SMILES string of the molecule is c1cncc(-c2ccc3ccc4c(-c5cccc(-n6c7ccccc7c7ccccc76)c5)ccc5ccc2c3c54)c1. The number of nitrogens with zero attached hydrogens (tertiary/aromatic N) is 2. The van der Waals surface area contributed by atoms with Gasteiger partial charge in [-0.3, -0.25) is 4.98 Å². The molecule has 0 amide bonds. The number of fused-ring (bicyclic) bond motifs is 3. The van der Waals surface area contributed by atoms with Crippen LogP contribution in [0.3, 0.4) is 0 Å². The first-order chi connectivity index (χ1) is 20.3. The Bertz CT molecular complexity index is 2360. The lowest BCUT2D eigenvalue weighted by atomic mass is 9.87. The molecule has 41 heavy (non-hydrogen) atoms. The highest BCUT2D eigenvalue weighted by molar-refractivity contribution is 6.27. The first-order valence-corrected chi connectivity index (χ1v) is 14.1. The van der Waals surface area contributed by atoms with Crippen molar-refractivity contribution in [3.05, 3.63) is 146 Å². The Morgan fingerprint density at radius 2 is 1.02 bits per heavy atom. The van der Waals surface area contributed by atoms with E-state index in [9.17, 15) is 0 Å². The normalized spacial score (nSPS) is 11.9. The van der Waals surface area contributed by atoms with E-state index < -0.39 is 0 Å². The monoisotopic (exact) mass is 520 g/mol. The van der Waals surface area contributed by atoms with E-state index in [1.807, 2.05) is 18.5 Å². The van der Waals surface area contributed by atoms with Gasteiger partial charge in [0.1, 0.15) is 0 Å². The van der Waals surface area contributed by atoms with Crippen molar-refractivity contribution in [1.82, 2.24) is 9.55 Å². The fraction of sp³-hybridized carbons (Fsp3) is 0. The molecule has 0 N–H and O–H groups in total. The lowest BCUT2D eigenvalue weighted by Gasteiger charge is -2.17. The van der Waals surface area contributed by atoms with E-state index in [2.05, 4.69) is 137 Å². The summed E-state index contributed by atoms with van der Waals surface area (Å²) < 4.78 is 2.39. The molecule has 0 aliphatic carbocycles. The number of benzene rings is 7. The molecule has 0 unspecified atom stereocenters. The van der Waals surface area contributed by atoms with Gasteiger partial charge >= 0.3 is 0 Å². The highest BCUT2D eigenvalue weighted by Crippen LogP contribution is 2.42. The molecule has 0 atom stereocenters. The van der Waals surface area contributed by atoms with E-state index in [4.69, 9.17) is 0 Å². The van der Waals surface area contributed by atoms with Crippen LogP contribution >= 0.6 is 0 Å². The van der Waals surface area contributed by atoms with Gasteiger partial charge in [-0.1, -0.05) is 103 Å². The van der Waals surface area contributed by atoms with Gasteiger partial charge < -0.3 is 4.57 Å². The predicted molar refractivity (Wildman–Crippen MR) is 173 cm³/mol. The Kier molecular flexibility index (Phi) is 4.64. The summed E-state index contributed by atoms with van der Waals surface area (Å²) in [6.07, 6.45) is 3.79. The molecule has 2 aromatic heterocycles. The number of para-hydroxylation sites is 2. The first kappa shape index (κ1) is 22.4. The van der Waals surface area contributed by atoms with Gasteiger partial charge in [0, 0.05) is 34.4 Å². The van der Waals surface area contributed by atoms with Crippen molar-refractivity contribution in [3.8, 4) is 27.9 Å². The van der Waals surface area contributed by atoms with Crippen molar-refractivity contribution in [2.45, 2.75) is 0 Å². The molecule has 0 aliphatic rings. The van der Waals surface area contributed by atoms with Crippen molar-refractivity contribution >= 4 is 54.1 Å². The van der Waals surface area contributed by atoms with Gasteiger partial charge in [0.15, 0.2) is 0 Å². The van der Waals surface area contributed by atoms with E-state index in [0.717, 1.165) is 5.56 Å². The zero-order valence-corrected chi connectivity index (χ0v) is 22.3. The van der Waals surface area contributed by atoms with Crippen molar-refractivity contribution in [3.63, 3.8) is 0 Å². The molecule has 7 aromatic carbocycles. The number of hydrogen-bond acceptors (Lipinski definition) is 1. The largest absolute Gasteiger partial charge is 0.309 e. The lowest BCUT2D eigenvalue weighted by molar-refractivity contribution is 1.18. The molecular weight excluding hydrogens is 496 g/mol. The highest BCUT2D eigenvalue weighted by Gasteiger charge is 2.16. The predicted octanol–water partition coefficient (Wildman–Crippen LogP) is 10.4. The minimum Gasteiger partial charge on any atom is -0.309 e. The van der Waals surface area contributed by atoms with Crippen LogP contribution in [0.1, 0.15) is 0 Å². The lowest BCUT2D eigenvalue weighted by Crippen LogP contribution is -1.94. The van der Waals surface area contributed by atoms with Gasteiger partial charge in [-0.25, -0.2) is 0 Å². The molecule has 0 aliphatic heterocycles. The molecule has 2 heteroatoms. The molecule has 9 aromatic rings. The average molecular weight is 521 g/mol. The van der Waals surface area contributed by atoms with Crippen LogP contribution in [-0.2, 0) is 0 Å². The van der Waals surface area contributed by atoms with E-state index in [0.29, 0.717) is 0 Å². The Balaban J connectivity index is 1.30. The van der Waals surface area contributed by atoms with Crippen molar-refractivity contribution in [2.24, 2.45) is 0 Å². The molecule has 9 rings (SSSR count). The Hall–Kier alpha value is -5.47. The van der Waals surface area contributed by atoms with Gasteiger partial charge in [0.25, 0.3) is 0 Å². The van der Waals surface area contributed by atoms with Crippen LogP contribution in [0.5, 0.6) is 0 Å². The molecule has 0 radical (unpaired) electrons. The van der Waals surface area contributed by atoms with Gasteiger partial charge in [0.05, 0.1) is 11.0 Å². The smallest absolute Gasteiger partial charge is 0.0541 e. The highest BCUT2D eigenvalue weighted by atomic mass is 15.0. The summed E-state index contributed by atoms with van der Waals surface area (Å²) >= 11 is 0. The molecule has 190 valence electrons. The maximum absolute atomic E-state index is 4.39. The number of hydrogen-bond donors (Lipinski definition) is 0. The fourth-order valence-electron chi connectivity index (χ4n) is 6.84. The molecule has 0 spiro atoms. The van der Waals surface area contributed by atoms with Crippen LogP contribution < -0.4 is 0 Å². The molecule has 2 heterocycles. The minimum absolute atomic E-state index is 1.14. The molecule has 0 fully saturated rings. The zero-order valence-electron chi connectivity index (χ0n) is 22.3. The Morgan fingerprint density at radius 3 is 1.66 bits per heavy atom. The Labute approximate surface area is 237 Å². The number of aromatic nitrogens is 2. The fourth-order valence-corrected chi connectivity index (χ4v) is 6.84. The summed E-state index contributed by atoms with van der Waals surface area (Å²) in [4.78, 5) is 4.39. The standard InChI is InChI=1S/C39H24N2/c1-3-12-36-32(10-1)33-11-2-4-13-37(33)41(36)29-9-5-7-27(23-29)30-18-14-25-17-21-35-31(28-8-6-22-40-24-28)19-15-26-16-20-34(30)38(25)39(26)35/h1-24H. The number of rotatable bonds is 3. The third kappa shape index (κ3) is 3.22. The number of pyridine rings is 1. The molecular formula is C39H24N2. The van der Waals surface area contributed by atoms with Crippen LogP contribution in [0.2, 0.25) is 0 Å². The van der Waals surface area contributed by atoms with Crippen LogP contribution in [-0.4, -0.2) is 9.55 Å². The topological polar surface area (TPSA) is 17.8 Å². The molecule has 0 bridgehead atoms. The summed E-state index contributed by atoms with van der Waals surface area (Å²) in [5.74, 6) is 0. The van der Waals surface area contributed by atoms with Crippen molar-refractivity contribution in [1.29, 1.82) is 0 Å². The minimum atomic E-state index is 1.14. The van der Waals surface area contributed by atoms with E-state index in [1.54, 1.807) is 0 Å². The van der Waals surface area contributed by atoms with E-state index >= 15 is 0 Å². The van der Waals surface area contributed by atoms with Crippen LogP contribution in [0.25, 0.3) is 82.1 Å². The van der Waals surface area contributed by atoms with Crippen molar-refractivity contribution < 1.29 is 0 Å².